The SMILES string of the molecule is CN1CC(=O)N(C(=O)OC(C)(C)C)CC1=O. The van der Waals surface area contributed by atoms with Gasteiger partial charge in [0.2, 0.25) is 5.91 Å². The monoisotopic (exact) mass is 228 g/mol. The molecule has 1 rings (SSSR count). The number of likely N-dealkylation sites (N-methyl/N-ethyl adjacent to an activating group) is 1. The number of imide groups is 1. The van der Waals surface area contributed by atoms with Crippen molar-refractivity contribution in [2.45, 2.75) is 26.4 Å². The van der Waals surface area contributed by atoms with Crippen LogP contribution < -0.4 is 0 Å². The zero-order valence-corrected chi connectivity index (χ0v) is 9.94. The standard InChI is InChI=1S/C10H16N2O4/c1-10(2,3)16-9(15)12-6-7(13)11(4)5-8(12)14/h5-6H2,1-4H3. The lowest BCUT2D eigenvalue weighted by Gasteiger charge is -2.31. The fourth-order valence-corrected chi connectivity index (χ4v) is 1.20. The molecule has 1 heterocycles. The third-order valence-corrected chi connectivity index (χ3v) is 2.01. The van der Waals surface area contributed by atoms with Crippen molar-refractivity contribution in [2.24, 2.45) is 0 Å². The molecule has 0 N–H and O–H groups in total. The number of hydrogen-bond donors (Lipinski definition) is 0. The van der Waals surface area contributed by atoms with Crippen LogP contribution in [0, 0.1) is 0 Å². The predicted octanol–water partition coefficient (Wildman–Crippen LogP) is 0.222. The lowest BCUT2D eigenvalue weighted by atomic mass is 10.2. The summed E-state index contributed by atoms with van der Waals surface area (Å²) in [5.41, 5.74) is -0.677. The second kappa shape index (κ2) is 4.11. The number of hydrogen-bond acceptors (Lipinski definition) is 4. The quantitative estimate of drug-likeness (QED) is 0.595. The van der Waals surface area contributed by atoms with E-state index in [0.717, 1.165) is 4.90 Å². The van der Waals surface area contributed by atoms with E-state index in [-0.39, 0.29) is 19.0 Å². The summed E-state index contributed by atoms with van der Waals surface area (Å²) in [5, 5.41) is 0. The van der Waals surface area contributed by atoms with Gasteiger partial charge < -0.3 is 9.64 Å². The van der Waals surface area contributed by atoms with Crippen LogP contribution in [0.2, 0.25) is 0 Å². The van der Waals surface area contributed by atoms with Crippen molar-refractivity contribution < 1.29 is 19.1 Å². The van der Waals surface area contributed by atoms with Crippen LogP contribution in [0.4, 0.5) is 4.79 Å². The molecule has 1 aliphatic heterocycles. The number of carbonyl (C=O) groups excluding carboxylic acids is 3. The molecule has 3 amide bonds. The third kappa shape index (κ3) is 2.95. The maximum atomic E-state index is 11.6. The average Bonchev–Trinajstić information content (AvgIpc) is 2.08. The molecule has 90 valence electrons. The Morgan fingerprint density at radius 2 is 1.75 bits per heavy atom. The second-order valence-corrected chi connectivity index (χ2v) is 4.71. The summed E-state index contributed by atoms with van der Waals surface area (Å²) in [6.45, 7) is 4.77. The Morgan fingerprint density at radius 1 is 1.19 bits per heavy atom. The molecular weight excluding hydrogens is 212 g/mol. The summed E-state index contributed by atoms with van der Waals surface area (Å²) in [6, 6.07) is 0. The number of piperazine rings is 1. The van der Waals surface area contributed by atoms with Crippen LogP contribution in [0.25, 0.3) is 0 Å². The molecule has 0 aromatic heterocycles. The van der Waals surface area contributed by atoms with Gasteiger partial charge in [-0.2, -0.15) is 0 Å². The normalized spacial score (nSPS) is 17.8. The van der Waals surface area contributed by atoms with Gasteiger partial charge >= 0.3 is 6.09 Å². The molecule has 1 saturated heterocycles. The van der Waals surface area contributed by atoms with E-state index in [0.29, 0.717) is 0 Å². The van der Waals surface area contributed by atoms with Gasteiger partial charge in [0.25, 0.3) is 5.91 Å². The van der Waals surface area contributed by atoms with E-state index < -0.39 is 17.6 Å². The Hall–Kier alpha value is -1.59. The lowest BCUT2D eigenvalue weighted by Crippen LogP contribution is -2.55. The molecule has 0 spiro atoms. The highest BCUT2D eigenvalue weighted by molar-refractivity contribution is 6.01. The van der Waals surface area contributed by atoms with E-state index in [1.807, 2.05) is 0 Å². The second-order valence-electron chi connectivity index (χ2n) is 4.71. The Balaban J connectivity index is 2.70. The number of ether oxygens (including phenoxy) is 1. The molecule has 0 radical (unpaired) electrons. The minimum Gasteiger partial charge on any atom is -0.443 e. The summed E-state index contributed by atoms with van der Waals surface area (Å²) >= 11 is 0. The molecule has 1 fully saturated rings. The van der Waals surface area contributed by atoms with Crippen molar-refractivity contribution in [3.8, 4) is 0 Å². The van der Waals surface area contributed by atoms with Crippen LogP contribution in [0.15, 0.2) is 0 Å². The number of amides is 3. The molecular formula is C10H16N2O4. The Morgan fingerprint density at radius 3 is 2.25 bits per heavy atom. The summed E-state index contributed by atoms with van der Waals surface area (Å²) in [4.78, 5) is 36.6. The van der Waals surface area contributed by atoms with Crippen LogP contribution in [-0.4, -0.2) is 53.4 Å². The molecule has 0 unspecified atom stereocenters. The van der Waals surface area contributed by atoms with Crippen molar-refractivity contribution in [1.82, 2.24) is 9.80 Å². The van der Waals surface area contributed by atoms with Gasteiger partial charge in [-0.1, -0.05) is 0 Å². The van der Waals surface area contributed by atoms with Gasteiger partial charge in [0.05, 0.1) is 0 Å². The van der Waals surface area contributed by atoms with E-state index in [9.17, 15) is 14.4 Å². The van der Waals surface area contributed by atoms with Gasteiger partial charge in [-0.25, -0.2) is 9.69 Å². The molecule has 6 nitrogen and oxygen atoms in total. The summed E-state index contributed by atoms with van der Waals surface area (Å²) < 4.78 is 5.03. The fraction of sp³-hybridized carbons (Fsp3) is 0.700. The Bertz CT molecular complexity index is 332. The van der Waals surface area contributed by atoms with Crippen molar-refractivity contribution in [3.63, 3.8) is 0 Å². The van der Waals surface area contributed by atoms with Gasteiger partial charge in [0.1, 0.15) is 18.7 Å². The molecule has 0 saturated carbocycles. The number of carbonyl (C=O) groups is 3. The minimum atomic E-state index is -0.765. The maximum Gasteiger partial charge on any atom is 0.417 e. The highest BCUT2D eigenvalue weighted by Gasteiger charge is 2.34. The summed E-state index contributed by atoms with van der Waals surface area (Å²) in [6.07, 6.45) is -0.765. The number of rotatable bonds is 0. The van der Waals surface area contributed by atoms with E-state index >= 15 is 0 Å². The summed E-state index contributed by atoms with van der Waals surface area (Å²) in [7, 11) is 1.52. The molecule has 1 aliphatic rings. The van der Waals surface area contributed by atoms with Gasteiger partial charge in [-0.05, 0) is 20.8 Å². The van der Waals surface area contributed by atoms with Crippen LogP contribution >= 0.6 is 0 Å². The van der Waals surface area contributed by atoms with Gasteiger partial charge in [-0.15, -0.1) is 0 Å². The Labute approximate surface area is 94.1 Å². The first-order chi connectivity index (χ1) is 7.20. The molecule has 0 bridgehead atoms. The zero-order valence-electron chi connectivity index (χ0n) is 9.94. The predicted molar refractivity (Wildman–Crippen MR) is 55.6 cm³/mol. The molecule has 0 atom stereocenters. The van der Waals surface area contributed by atoms with Gasteiger partial charge in [-0.3, -0.25) is 9.59 Å². The zero-order chi connectivity index (χ0) is 12.5. The molecule has 0 aromatic carbocycles. The highest BCUT2D eigenvalue weighted by atomic mass is 16.6. The van der Waals surface area contributed by atoms with Gasteiger partial charge in [0, 0.05) is 7.05 Å². The van der Waals surface area contributed by atoms with Crippen LogP contribution in [0.5, 0.6) is 0 Å². The third-order valence-electron chi connectivity index (χ3n) is 2.01. The van der Waals surface area contributed by atoms with E-state index in [2.05, 4.69) is 0 Å². The smallest absolute Gasteiger partial charge is 0.417 e. The largest absolute Gasteiger partial charge is 0.443 e. The fourth-order valence-electron chi connectivity index (χ4n) is 1.20. The van der Waals surface area contributed by atoms with Crippen molar-refractivity contribution in [2.75, 3.05) is 20.1 Å². The van der Waals surface area contributed by atoms with Gasteiger partial charge in [0.15, 0.2) is 0 Å². The molecule has 0 aromatic rings. The molecule has 6 heteroatoms. The number of nitrogens with zero attached hydrogens (tertiary/aromatic N) is 2. The van der Waals surface area contributed by atoms with Crippen molar-refractivity contribution in [3.05, 3.63) is 0 Å². The Kier molecular flexibility index (Phi) is 3.21. The van der Waals surface area contributed by atoms with Crippen LogP contribution in [0.3, 0.4) is 0 Å². The maximum absolute atomic E-state index is 11.6. The van der Waals surface area contributed by atoms with Crippen molar-refractivity contribution in [1.29, 1.82) is 0 Å². The summed E-state index contributed by atoms with van der Waals surface area (Å²) in [5.74, 6) is -0.693. The first-order valence-electron chi connectivity index (χ1n) is 4.98. The highest BCUT2D eigenvalue weighted by Crippen LogP contribution is 2.12. The van der Waals surface area contributed by atoms with E-state index in [1.54, 1.807) is 20.8 Å². The van der Waals surface area contributed by atoms with E-state index in [1.165, 1.54) is 11.9 Å². The molecule has 0 aliphatic carbocycles. The molecule has 16 heavy (non-hydrogen) atoms. The van der Waals surface area contributed by atoms with E-state index in [4.69, 9.17) is 4.74 Å². The topological polar surface area (TPSA) is 66.9 Å². The first kappa shape index (κ1) is 12.5. The average molecular weight is 228 g/mol. The van der Waals surface area contributed by atoms with Crippen LogP contribution in [-0.2, 0) is 14.3 Å². The van der Waals surface area contributed by atoms with Crippen molar-refractivity contribution >= 4 is 17.9 Å². The minimum absolute atomic E-state index is 0.0852. The lowest BCUT2D eigenvalue weighted by molar-refractivity contribution is -0.147. The first-order valence-corrected chi connectivity index (χ1v) is 4.98. The van der Waals surface area contributed by atoms with Crippen LogP contribution in [0.1, 0.15) is 20.8 Å².